The first-order valence-corrected chi connectivity index (χ1v) is 7.04. The van der Waals surface area contributed by atoms with E-state index in [1.54, 1.807) is 0 Å². The minimum atomic E-state index is -4.11. The Morgan fingerprint density at radius 3 is 2.75 bits per heavy atom. The van der Waals surface area contributed by atoms with Crippen LogP contribution >= 0.6 is 0 Å². The van der Waals surface area contributed by atoms with Gasteiger partial charge in [-0.3, -0.25) is 0 Å². The summed E-state index contributed by atoms with van der Waals surface area (Å²) in [5.41, 5.74) is 8.27. The Kier molecular flexibility index (Phi) is 5.51. The van der Waals surface area contributed by atoms with E-state index in [2.05, 4.69) is 9.43 Å². The van der Waals surface area contributed by atoms with E-state index in [4.69, 9.17) is 10.3 Å². The summed E-state index contributed by atoms with van der Waals surface area (Å²) in [5.74, 6) is -0.634. The molecule has 0 atom stereocenters. The Labute approximate surface area is 116 Å². The number of esters is 1. The Hall–Kier alpha value is -2.09. The van der Waals surface area contributed by atoms with Crippen molar-refractivity contribution in [1.29, 1.82) is 0 Å². The maximum absolute atomic E-state index is 11.7. The highest BCUT2D eigenvalue weighted by atomic mass is 32.2. The summed E-state index contributed by atoms with van der Waals surface area (Å²) in [7, 11) is -0.439. The molecule has 9 heteroatoms. The van der Waals surface area contributed by atoms with Crippen LogP contribution in [0.15, 0.2) is 33.7 Å². The lowest BCUT2D eigenvalue weighted by Gasteiger charge is -2.10. The van der Waals surface area contributed by atoms with Crippen molar-refractivity contribution in [3.05, 3.63) is 40.3 Å². The molecule has 0 unspecified atom stereocenters. The fraction of sp³-hybridized carbons (Fsp3) is 0.364. The third kappa shape index (κ3) is 4.54. The molecule has 0 spiro atoms. The van der Waals surface area contributed by atoms with Gasteiger partial charge in [-0.2, -0.15) is 0 Å². The van der Waals surface area contributed by atoms with Crippen molar-refractivity contribution in [2.45, 2.75) is 4.90 Å². The van der Waals surface area contributed by atoms with Crippen LogP contribution in [-0.4, -0.2) is 46.5 Å². The van der Waals surface area contributed by atoms with Crippen LogP contribution in [-0.2, 0) is 14.8 Å². The molecule has 0 aliphatic heterocycles. The molecule has 20 heavy (non-hydrogen) atoms. The normalized spacial score (nSPS) is 10.9. The number of rotatable bonds is 6. The molecular weight excluding hydrogens is 284 g/mol. The van der Waals surface area contributed by atoms with Crippen LogP contribution in [0.2, 0.25) is 0 Å². The fourth-order valence-electron chi connectivity index (χ4n) is 1.28. The van der Waals surface area contributed by atoms with Gasteiger partial charge < -0.3 is 9.64 Å². The third-order valence-electron chi connectivity index (χ3n) is 2.28. The minimum absolute atomic E-state index is 0.0815. The van der Waals surface area contributed by atoms with Gasteiger partial charge in [0.1, 0.15) is 6.61 Å². The van der Waals surface area contributed by atoms with Gasteiger partial charge in [0, 0.05) is 16.0 Å². The molecule has 0 heterocycles. The highest BCUT2D eigenvalue weighted by Gasteiger charge is 2.15. The lowest BCUT2D eigenvalue weighted by Crippen LogP contribution is -2.20. The van der Waals surface area contributed by atoms with Gasteiger partial charge in [-0.05, 0) is 37.8 Å². The van der Waals surface area contributed by atoms with E-state index >= 15 is 0 Å². The molecule has 0 saturated carbocycles. The first-order chi connectivity index (χ1) is 9.36. The Bertz CT molecular complexity index is 636. The molecule has 1 rings (SSSR count). The summed E-state index contributed by atoms with van der Waals surface area (Å²) < 4.78 is 30.8. The van der Waals surface area contributed by atoms with Crippen LogP contribution in [0.1, 0.15) is 10.4 Å². The van der Waals surface area contributed by atoms with Crippen molar-refractivity contribution in [2.24, 2.45) is 4.52 Å². The van der Waals surface area contributed by atoms with Gasteiger partial charge in [0.15, 0.2) is 0 Å². The van der Waals surface area contributed by atoms with Crippen LogP contribution < -0.4 is 0 Å². The molecule has 1 aromatic rings. The van der Waals surface area contributed by atoms with E-state index in [-0.39, 0.29) is 17.1 Å². The molecule has 0 aliphatic rings. The SMILES string of the molecule is CN(C)CCOC(=O)c1cccc(S(=O)(=O)N=[N+]=[N-])c1. The van der Waals surface area contributed by atoms with Crippen LogP contribution in [0.3, 0.4) is 0 Å². The number of nitrogens with zero attached hydrogens (tertiary/aromatic N) is 4. The molecule has 0 bridgehead atoms. The van der Waals surface area contributed by atoms with E-state index in [9.17, 15) is 13.2 Å². The van der Waals surface area contributed by atoms with Crippen molar-refractivity contribution in [3.63, 3.8) is 0 Å². The zero-order chi connectivity index (χ0) is 15.2. The predicted molar refractivity (Wildman–Crippen MR) is 71.6 cm³/mol. The molecule has 1 aromatic carbocycles. The van der Waals surface area contributed by atoms with Gasteiger partial charge in [0.25, 0.3) is 10.0 Å². The summed E-state index contributed by atoms with van der Waals surface area (Å²) >= 11 is 0. The summed E-state index contributed by atoms with van der Waals surface area (Å²) in [4.78, 5) is 15.6. The first-order valence-electron chi connectivity index (χ1n) is 5.60. The number of hydrogen-bond acceptors (Lipinski definition) is 5. The average molecular weight is 298 g/mol. The number of carbonyl (C=O) groups is 1. The maximum Gasteiger partial charge on any atom is 0.338 e. The van der Waals surface area contributed by atoms with Crippen molar-refractivity contribution >= 4 is 16.0 Å². The summed E-state index contributed by atoms with van der Waals surface area (Å²) in [5, 5.41) is 0. The number of benzene rings is 1. The fourth-order valence-corrected chi connectivity index (χ4v) is 2.00. The molecule has 0 amide bonds. The summed E-state index contributed by atoms with van der Waals surface area (Å²) in [6, 6.07) is 5.15. The Morgan fingerprint density at radius 1 is 1.45 bits per heavy atom. The molecule has 0 fully saturated rings. The maximum atomic E-state index is 11.7. The number of ether oxygens (including phenoxy) is 1. The van der Waals surface area contributed by atoms with Crippen LogP contribution in [0.5, 0.6) is 0 Å². The van der Waals surface area contributed by atoms with Crippen LogP contribution in [0.4, 0.5) is 0 Å². The molecule has 0 aromatic heterocycles. The molecule has 0 aliphatic carbocycles. The predicted octanol–water partition coefficient (Wildman–Crippen LogP) is 1.40. The number of carbonyl (C=O) groups excluding carboxylic acids is 1. The molecule has 0 N–H and O–H groups in total. The van der Waals surface area contributed by atoms with Gasteiger partial charge in [0.2, 0.25) is 0 Å². The van der Waals surface area contributed by atoms with E-state index in [0.717, 1.165) is 6.07 Å². The van der Waals surface area contributed by atoms with Gasteiger partial charge >= 0.3 is 5.97 Å². The zero-order valence-corrected chi connectivity index (χ0v) is 11.9. The largest absolute Gasteiger partial charge is 0.461 e. The summed E-state index contributed by atoms with van der Waals surface area (Å²) in [6.07, 6.45) is 0. The van der Waals surface area contributed by atoms with Crippen molar-refractivity contribution in [1.82, 2.24) is 4.90 Å². The molecule has 8 nitrogen and oxygen atoms in total. The van der Waals surface area contributed by atoms with Gasteiger partial charge in [0.05, 0.1) is 10.5 Å². The monoisotopic (exact) mass is 298 g/mol. The molecule has 0 saturated heterocycles. The molecule has 0 radical (unpaired) electrons. The smallest absolute Gasteiger partial charge is 0.338 e. The number of likely N-dealkylation sites (N-methyl/N-ethyl adjacent to an activating group) is 1. The number of hydrogen-bond donors (Lipinski definition) is 0. The quantitative estimate of drug-likeness (QED) is 0.341. The summed E-state index contributed by atoms with van der Waals surface area (Å²) in [6.45, 7) is 0.752. The third-order valence-corrected chi connectivity index (χ3v) is 3.42. The second-order valence-corrected chi connectivity index (χ2v) is 5.70. The average Bonchev–Trinajstić information content (AvgIpc) is 2.38. The molecular formula is C11H14N4O4S. The Morgan fingerprint density at radius 2 is 2.15 bits per heavy atom. The van der Waals surface area contributed by atoms with Crippen LogP contribution in [0.25, 0.3) is 10.4 Å². The standard InChI is InChI=1S/C11H14N4O4S/c1-15(2)6-7-19-11(16)9-4-3-5-10(8-9)20(17,18)14-13-12/h3-5,8H,6-7H2,1-2H3. The van der Waals surface area contributed by atoms with Crippen molar-refractivity contribution in [3.8, 4) is 0 Å². The second kappa shape index (κ2) is 6.90. The lowest BCUT2D eigenvalue weighted by atomic mass is 10.2. The topological polar surface area (TPSA) is 112 Å². The van der Waals surface area contributed by atoms with Gasteiger partial charge in [-0.25, -0.2) is 13.2 Å². The lowest BCUT2D eigenvalue weighted by molar-refractivity contribution is 0.0481. The van der Waals surface area contributed by atoms with Crippen molar-refractivity contribution in [2.75, 3.05) is 27.2 Å². The minimum Gasteiger partial charge on any atom is -0.461 e. The van der Waals surface area contributed by atoms with E-state index < -0.39 is 16.0 Å². The molecule has 108 valence electrons. The van der Waals surface area contributed by atoms with Crippen molar-refractivity contribution < 1.29 is 17.9 Å². The van der Waals surface area contributed by atoms with Crippen LogP contribution in [0, 0.1) is 0 Å². The number of azide groups is 1. The van der Waals surface area contributed by atoms with Gasteiger partial charge in [-0.1, -0.05) is 6.07 Å². The highest BCUT2D eigenvalue weighted by molar-refractivity contribution is 7.90. The first kappa shape index (κ1) is 16.0. The Balaban J connectivity index is 2.88. The number of sulfonamides is 1. The van der Waals surface area contributed by atoms with E-state index in [1.165, 1.54) is 18.2 Å². The second-order valence-electron chi connectivity index (χ2n) is 4.11. The van der Waals surface area contributed by atoms with Gasteiger partial charge in [-0.15, -0.1) is 0 Å². The highest BCUT2D eigenvalue weighted by Crippen LogP contribution is 2.15. The van der Waals surface area contributed by atoms with E-state index in [0.29, 0.717) is 6.54 Å². The zero-order valence-electron chi connectivity index (χ0n) is 11.1. The van der Waals surface area contributed by atoms with E-state index in [1.807, 2.05) is 19.0 Å².